The number of nitrogens with two attached hydrogens (primary N) is 1. The fraction of sp³-hybridized carbons (Fsp3) is 0.833. The van der Waals surface area contributed by atoms with Crippen LogP contribution in [-0.2, 0) is 9.59 Å². The van der Waals surface area contributed by atoms with E-state index in [1.54, 1.807) is 27.7 Å². The lowest BCUT2D eigenvalue weighted by Gasteiger charge is -2.32. The second-order valence-corrected chi connectivity index (χ2v) is 5.73. The quantitative estimate of drug-likeness (QED) is 0.672. The second kappa shape index (κ2) is 5.49. The molecule has 0 heterocycles. The van der Waals surface area contributed by atoms with Gasteiger partial charge in [0.15, 0.2) is 0 Å². The van der Waals surface area contributed by atoms with E-state index in [9.17, 15) is 9.59 Å². The normalized spacial score (nSPS) is 17.1. The van der Waals surface area contributed by atoms with Crippen LogP contribution in [0, 0.1) is 10.8 Å². The van der Waals surface area contributed by atoms with E-state index in [1.807, 2.05) is 6.92 Å². The van der Waals surface area contributed by atoms with E-state index in [1.165, 1.54) is 0 Å². The predicted molar refractivity (Wildman–Crippen MR) is 66.5 cm³/mol. The lowest BCUT2D eigenvalue weighted by molar-refractivity contribution is -0.146. The molecule has 2 atom stereocenters. The molecule has 0 spiro atoms. The Labute approximate surface area is 103 Å². The summed E-state index contributed by atoms with van der Waals surface area (Å²) in [5.41, 5.74) is 4.32. The first kappa shape index (κ1) is 15.9. The van der Waals surface area contributed by atoms with E-state index in [0.717, 1.165) is 0 Å². The van der Waals surface area contributed by atoms with Crippen molar-refractivity contribution in [1.82, 2.24) is 5.32 Å². The SMILES string of the molecule is CCC(C)(CN)C(=O)N[C@H](C(=O)O)C(C)(C)C. The van der Waals surface area contributed by atoms with Gasteiger partial charge in [-0.2, -0.15) is 0 Å². The van der Waals surface area contributed by atoms with Crippen LogP contribution in [0.3, 0.4) is 0 Å². The van der Waals surface area contributed by atoms with Crippen LogP contribution in [0.25, 0.3) is 0 Å². The van der Waals surface area contributed by atoms with Gasteiger partial charge in [0.25, 0.3) is 0 Å². The summed E-state index contributed by atoms with van der Waals surface area (Å²) in [7, 11) is 0. The monoisotopic (exact) mass is 244 g/mol. The van der Waals surface area contributed by atoms with Crippen molar-refractivity contribution in [3.63, 3.8) is 0 Å². The Kier molecular flexibility index (Phi) is 5.13. The van der Waals surface area contributed by atoms with Gasteiger partial charge in [-0.3, -0.25) is 4.79 Å². The van der Waals surface area contributed by atoms with Crippen LogP contribution < -0.4 is 11.1 Å². The minimum Gasteiger partial charge on any atom is -0.480 e. The first-order valence-corrected chi connectivity index (χ1v) is 5.82. The van der Waals surface area contributed by atoms with E-state index in [0.29, 0.717) is 6.42 Å². The largest absolute Gasteiger partial charge is 0.480 e. The average Bonchev–Trinajstić information content (AvgIpc) is 2.22. The third-order valence-electron chi connectivity index (χ3n) is 3.17. The molecular formula is C12H24N2O3. The third-order valence-corrected chi connectivity index (χ3v) is 3.17. The van der Waals surface area contributed by atoms with E-state index in [-0.39, 0.29) is 12.5 Å². The van der Waals surface area contributed by atoms with Crippen LogP contribution in [0.5, 0.6) is 0 Å². The topological polar surface area (TPSA) is 92.4 Å². The highest BCUT2D eigenvalue weighted by Gasteiger charge is 2.37. The number of hydrogen-bond donors (Lipinski definition) is 3. The Balaban J connectivity index is 4.92. The van der Waals surface area contributed by atoms with Gasteiger partial charge in [0.1, 0.15) is 6.04 Å². The standard InChI is InChI=1S/C12H24N2O3/c1-6-12(5,7-13)10(17)14-8(9(15)16)11(2,3)4/h8H,6-7,13H2,1-5H3,(H,14,17)(H,15,16)/t8-,12?/m1/s1. The minimum absolute atomic E-state index is 0.200. The summed E-state index contributed by atoms with van der Waals surface area (Å²) >= 11 is 0. The summed E-state index contributed by atoms with van der Waals surface area (Å²) < 4.78 is 0. The van der Waals surface area contributed by atoms with Crippen LogP contribution >= 0.6 is 0 Å². The number of carbonyl (C=O) groups excluding carboxylic acids is 1. The number of hydrogen-bond acceptors (Lipinski definition) is 3. The summed E-state index contributed by atoms with van der Waals surface area (Å²) in [6.45, 7) is 9.13. The first-order chi connectivity index (χ1) is 7.58. The van der Waals surface area contributed by atoms with E-state index in [2.05, 4.69) is 5.32 Å². The smallest absolute Gasteiger partial charge is 0.326 e. The fourth-order valence-electron chi connectivity index (χ4n) is 1.35. The molecule has 0 aromatic carbocycles. The van der Waals surface area contributed by atoms with Gasteiger partial charge in [-0.05, 0) is 18.8 Å². The summed E-state index contributed by atoms with van der Waals surface area (Å²) in [5.74, 6) is -1.33. The van der Waals surface area contributed by atoms with E-state index < -0.39 is 22.8 Å². The number of rotatable bonds is 5. The van der Waals surface area contributed by atoms with Gasteiger partial charge in [-0.1, -0.05) is 27.7 Å². The van der Waals surface area contributed by atoms with Gasteiger partial charge in [0, 0.05) is 6.54 Å². The third kappa shape index (κ3) is 4.00. The van der Waals surface area contributed by atoms with Crippen molar-refractivity contribution >= 4 is 11.9 Å². The summed E-state index contributed by atoms with van der Waals surface area (Å²) in [5, 5.41) is 11.7. The molecule has 1 unspecified atom stereocenters. The Morgan fingerprint density at radius 1 is 1.29 bits per heavy atom. The molecule has 0 bridgehead atoms. The van der Waals surface area contributed by atoms with Crippen molar-refractivity contribution in [2.45, 2.75) is 47.1 Å². The van der Waals surface area contributed by atoms with Crippen LogP contribution in [0.1, 0.15) is 41.0 Å². The highest BCUT2D eigenvalue weighted by Crippen LogP contribution is 2.23. The lowest BCUT2D eigenvalue weighted by atomic mass is 9.83. The van der Waals surface area contributed by atoms with Crippen molar-refractivity contribution in [2.24, 2.45) is 16.6 Å². The zero-order valence-electron chi connectivity index (χ0n) is 11.3. The van der Waals surface area contributed by atoms with E-state index in [4.69, 9.17) is 10.8 Å². The molecule has 0 aromatic rings. The highest BCUT2D eigenvalue weighted by atomic mass is 16.4. The van der Waals surface area contributed by atoms with Crippen molar-refractivity contribution in [3.05, 3.63) is 0 Å². The maximum absolute atomic E-state index is 12.0. The number of carboxylic acids is 1. The molecule has 0 aliphatic heterocycles. The fourth-order valence-corrected chi connectivity index (χ4v) is 1.35. The summed E-state index contributed by atoms with van der Waals surface area (Å²) in [6.07, 6.45) is 0.575. The van der Waals surface area contributed by atoms with Crippen LogP contribution in [0.4, 0.5) is 0 Å². The molecule has 0 saturated heterocycles. The Hall–Kier alpha value is -1.10. The first-order valence-electron chi connectivity index (χ1n) is 5.82. The molecular weight excluding hydrogens is 220 g/mol. The highest BCUT2D eigenvalue weighted by molar-refractivity contribution is 5.87. The lowest BCUT2D eigenvalue weighted by Crippen LogP contribution is -2.54. The van der Waals surface area contributed by atoms with E-state index >= 15 is 0 Å². The van der Waals surface area contributed by atoms with Crippen LogP contribution in [0.2, 0.25) is 0 Å². The molecule has 0 aliphatic rings. The Bertz CT molecular complexity index is 291. The van der Waals surface area contributed by atoms with Crippen molar-refractivity contribution in [2.75, 3.05) is 6.54 Å². The van der Waals surface area contributed by atoms with Gasteiger partial charge in [0.2, 0.25) is 5.91 Å². The number of carbonyl (C=O) groups is 2. The number of carboxylic acid groups (broad SMARTS) is 1. The summed E-state index contributed by atoms with van der Waals surface area (Å²) in [6, 6.07) is -0.910. The molecule has 1 amide bonds. The molecule has 0 fully saturated rings. The van der Waals surface area contributed by atoms with Crippen LogP contribution in [0.15, 0.2) is 0 Å². The molecule has 17 heavy (non-hydrogen) atoms. The van der Waals surface area contributed by atoms with Gasteiger partial charge in [-0.25, -0.2) is 4.79 Å². The zero-order valence-corrected chi connectivity index (χ0v) is 11.3. The van der Waals surface area contributed by atoms with Gasteiger partial charge in [-0.15, -0.1) is 0 Å². The molecule has 0 aliphatic carbocycles. The van der Waals surface area contributed by atoms with Gasteiger partial charge >= 0.3 is 5.97 Å². The molecule has 100 valence electrons. The molecule has 0 rings (SSSR count). The molecule has 0 radical (unpaired) electrons. The predicted octanol–water partition coefficient (Wildman–Crippen LogP) is 0.977. The maximum Gasteiger partial charge on any atom is 0.326 e. The Morgan fingerprint density at radius 3 is 2.00 bits per heavy atom. The Morgan fingerprint density at radius 2 is 1.76 bits per heavy atom. The minimum atomic E-state index is -1.03. The number of aliphatic carboxylic acids is 1. The second-order valence-electron chi connectivity index (χ2n) is 5.73. The van der Waals surface area contributed by atoms with Gasteiger partial charge in [0.05, 0.1) is 5.41 Å². The average molecular weight is 244 g/mol. The molecule has 5 heteroatoms. The van der Waals surface area contributed by atoms with Gasteiger partial charge < -0.3 is 16.2 Å². The summed E-state index contributed by atoms with van der Waals surface area (Å²) in [4.78, 5) is 23.2. The zero-order chi connectivity index (χ0) is 13.9. The molecule has 4 N–H and O–H groups in total. The maximum atomic E-state index is 12.0. The van der Waals surface area contributed by atoms with Crippen molar-refractivity contribution in [3.8, 4) is 0 Å². The molecule has 0 saturated carbocycles. The van der Waals surface area contributed by atoms with Crippen molar-refractivity contribution < 1.29 is 14.7 Å². The number of amides is 1. The number of nitrogens with one attached hydrogen (secondary N) is 1. The van der Waals surface area contributed by atoms with Crippen LogP contribution in [-0.4, -0.2) is 29.6 Å². The molecule has 5 nitrogen and oxygen atoms in total. The molecule has 0 aromatic heterocycles. The van der Waals surface area contributed by atoms with Crippen molar-refractivity contribution in [1.29, 1.82) is 0 Å².